The molecule has 1 aromatic heterocycles. The number of likely N-dealkylation sites (N-methyl/N-ethyl adjacent to an activating group) is 1. The van der Waals surface area contributed by atoms with Gasteiger partial charge in [-0.3, -0.25) is 4.90 Å². The second kappa shape index (κ2) is 5.48. The van der Waals surface area contributed by atoms with Gasteiger partial charge in [-0.05, 0) is 29.0 Å². The summed E-state index contributed by atoms with van der Waals surface area (Å²) in [6, 6.07) is 1.41. The Kier molecular flexibility index (Phi) is 4.78. The highest BCUT2D eigenvalue weighted by molar-refractivity contribution is 9.10. The fourth-order valence-corrected chi connectivity index (χ4v) is 3.03. The van der Waals surface area contributed by atoms with E-state index in [0.717, 1.165) is 9.35 Å². The molecule has 0 aliphatic rings. The number of thiophene rings is 1. The second-order valence-corrected chi connectivity index (χ2v) is 5.31. The van der Waals surface area contributed by atoms with E-state index in [0.29, 0.717) is 0 Å². The van der Waals surface area contributed by atoms with Crippen LogP contribution in [0.4, 0.5) is 13.2 Å². The molecule has 0 aliphatic heterocycles. The maximum atomic E-state index is 12.2. The van der Waals surface area contributed by atoms with E-state index in [1.165, 1.54) is 23.3 Å². The van der Waals surface area contributed by atoms with E-state index >= 15 is 0 Å². The van der Waals surface area contributed by atoms with Crippen LogP contribution in [0.3, 0.4) is 0 Å². The standard InChI is InChI=1S/C9H12BrF3N2S/c1-15(5-9(11,12)13)7(3-14)8-2-6(10)4-16-8/h2,4,7H,3,5,14H2,1H3. The van der Waals surface area contributed by atoms with Gasteiger partial charge >= 0.3 is 6.18 Å². The molecule has 0 spiro atoms. The predicted octanol–water partition coefficient (Wildman–Crippen LogP) is 3.00. The minimum Gasteiger partial charge on any atom is -0.329 e. The number of hydrogen-bond acceptors (Lipinski definition) is 3. The van der Waals surface area contributed by atoms with Crippen molar-refractivity contribution in [3.05, 3.63) is 20.8 Å². The summed E-state index contributed by atoms with van der Waals surface area (Å²) in [4.78, 5) is 2.05. The van der Waals surface area contributed by atoms with Crippen LogP contribution in [0.15, 0.2) is 15.9 Å². The smallest absolute Gasteiger partial charge is 0.329 e. The summed E-state index contributed by atoms with van der Waals surface area (Å²) in [5.74, 6) is 0. The average Bonchev–Trinajstić information content (AvgIpc) is 2.49. The summed E-state index contributed by atoms with van der Waals surface area (Å²) in [7, 11) is 1.43. The van der Waals surface area contributed by atoms with Crippen molar-refractivity contribution in [3.8, 4) is 0 Å². The predicted molar refractivity (Wildman–Crippen MR) is 62.5 cm³/mol. The lowest BCUT2D eigenvalue weighted by molar-refractivity contribution is -0.147. The number of nitrogens with two attached hydrogens (primary N) is 1. The zero-order valence-corrected chi connectivity index (χ0v) is 11.0. The number of alkyl halides is 3. The Morgan fingerprint density at radius 2 is 2.19 bits per heavy atom. The zero-order valence-electron chi connectivity index (χ0n) is 8.59. The van der Waals surface area contributed by atoms with E-state index in [4.69, 9.17) is 5.73 Å². The van der Waals surface area contributed by atoms with Crippen LogP contribution in [-0.2, 0) is 0 Å². The van der Waals surface area contributed by atoms with Gasteiger partial charge in [0.05, 0.1) is 12.6 Å². The minimum atomic E-state index is -4.20. The van der Waals surface area contributed by atoms with Gasteiger partial charge in [-0.1, -0.05) is 0 Å². The van der Waals surface area contributed by atoms with Crippen molar-refractivity contribution in [2.45, 2.75) is 12.2 Å². The van der Waals surface area contributed by atoms with Gasteiger partial charge in [-0.2, -0.15) is 13.2 Å². The molecule has 0 radical (unpaired) electrons. The first-order valence-electron chi connectivity index (χ1n) is 4.54. The summed E-state index contributed by atoms with van der Waals surface area (Å²) in [6.45, 7) is -0.788. The van der Waals surface area contributed by atoms with Crippen LogP contribution < -0.4 is 5.73 Å². The SMILES string of the molecule is CN(CC(F)(F)F)C(CN)c1cc(Br)cs1. The Labute approximate surface area is 104 Å². The Hall–Kier alpha value is -0.110. The molecule has 0 saturated carbocycles. The molecule has 1 heterocycles. The second-order valence-electron chi connectivity index (χ2n) is 3.45. The molecule has 2 nitrogen and oxygen atoms in total. The lowest BCUT2D eigenvalue weighted by Crippen LogP contribution is -2.37. The first kappa shape index (κ1) is 14.0. The van der Waals surface area contributed by atoms with Crippen LogP contribution in [0.1, 0.15) is 10.9 Å². The minimum absolute atomic E-state index is 0.166. The molecule has 0 fully saturated rings. The molecule has 1 aromatic rings. The van der Waals surface area contributed by atoms with Crippen LogP contribution >= 0.6 is 27.3 Å². The first-order valence-corrected chi connectivity index (χ1v) is 6.21. The monoisotopic (exact) mass is 316 g/mol. The highest BCUT2D eigenvalue weighted by Crippen LogP contribution is 2.30. The van der Waals surface area contributed by atoms with Crippen LogP contribution in [-0.4, -0.2) is 31.2 Å². The van der Waals surface area contributed by atoms with E-state index in [9.17, 15) is 13.2 Å². The fourth-order valence-electron chi connectivity index (χ4n) is 1.41. The summed E-state index contributed by atoms with van der Waals surface area (Å²) >= 11 is 4.67. The van der Waals surface area contributed by atoms with Crippen molar-refractivity contribution in [3.63, 3.8) is 0 Å². The van der Waals surface area contributed by atoms with Crippen LogP contribution in [0.2, 0.25) is 0 Å². The third kappa shape index (κ3) is 4.04. The molecule has 16 heavy (non-hydrogen) atoms. The van der Waals surface area contributed by atoms with Gasteiger partial charge in [-0.25, -0.2) is 0 Å². The molecular weight excluding hydrogens is 305 g/mol. The van der Waals surface area contributed by atoms with E-state index in [1.807, 2.05) is 5.38 Å². The first-order chi connectivity index (χ1) is 7.33. The van der Waals surface area contributed by atoms with E-state index < -0.39 is 18.8 Å². The van der Waals surface area contributed by atoms with Gasteiger partial charge in [0.25, 0.3) is 0 Å². The third-order valence-electron chi connectivity index (χ3n) is 2.10. The molecule has 7 heteroatoms. The maximum absolute atomic E-state index is 12.2. The van der Waals surface area contributed by atoms with Crippen molar-refractivity contribution in [2.24, 2.45) is 5.73 Å². The molecule has 1 unspecified atom stereocenters. The van der Waals surface area contributed by atoms with Crippen LogP contribution in [0.5, 0.6) is 0 Å². The molecule has 1 atom stereocenters. The number of hydrogen-bond donors (Lipinski definition) is 1. The lowest BCUT2D eigenvalue weighted by atomic mass is 10.2. The third-order valence-corrected chi connectivity index (χ3v) is 3.89. The Morgan fingerprint density at radius 1 is 1.56 bits per heavy atom. The summed E-state index contributed by atoms with van der Waals surface area (Å²) in [5, 5.41) is 1.83. The molecule has 92 valence electrons. The Bertz CT molecular complexity index is 340. The van der Waals surface area contributed by atoms with Crippen molar-refractivity contribution >= 4 is 27.3 Å². The lowest BCUT2D eigenvalue weighted by Gasteiger charge is -2.26. The van der Waals surface area contributed by atoms with Crippen LogP contribution in [0.25, 0.3) is 0 Å². The van der Waals surface area contributed by atoms with Crippen molar-refractivity contribution in [2.75, 3.05) is 20.1 Å². The topological polar surface area (TPSA) is 29.3 Å². The normalized spacial score (nSPS) is 14.4. The fraction of sp³-hybridized carbons (Fsp3) is 0.556. The number of nitrogens with zero attached hydrogens (tertiary/aromatic N) is 1. The van der Waals surface area contributed by atoms with Gasteiger partial charge in [0.15, 0.2) is 0 Å². The largest absolute Gasteiger partial charge is 0.401 e. The summed E-state index contributed by atoms with van der Waals surface area (Å²) in [6.07, 6.45) is -4.20. The summed E-state index contributed by atoms with van der Waals surface area (Å²) < 4.78 is 37.6. The van der Waals surface area contributed by atoms with E-state index in [1.54, 1.807) is 6.07 Å². The molecule has 0 aromatic carbocycles. The van der Waals surface area contributed by atoms with E-state index in [-0.39, 0.29) is 6.54 Å². The Morgan fingerprint density at radius 3 is 2.56 bits per heavy atom. The van der Waals surface area contributed by atoms with Crippen LogP contribution in [0, 0.1) is 0 Å². The number of rotatable bonds is 4. The molecule has 0 saturated heterocycles. The summed E-state index contributed by atoms with van der Waals surface area (Å²) in [5.41, 5.74) is 5.52. The van der Waals surface area contributed by atoms with Gasteiger partial charge in [0.2, 0.25) is 0 Å². The van der Waals surface area contributed by atoms with Gasteiger partial charge < -0.3 is 5.73 Å². The van der Waals surface area contributed by atoms with Gasteiger partial charge in [-0.15, -0.1) is 11.3 Å². The molecule has 0 amide bonds. The van der Waals surface area contributed by atoms with E-state index in [2.05, 4.69) is 15.9 Å². The van der Waals surface area contributed by atoms with Gasteiger partial charge in [0, 0.05) is 21.3 Å². The molecule has 0 bridgehead atoms. The highest BCUT2D eigenvalue weighted by Gasteiger charge is 2.32. The molecule has 2 N–H and O–H groups in total. The van der Waals surface area contributed by atoms with Crippen molar-refractivity contribution < 1.29 is 13.2 Å². The van der Waals surface area contributed by atoms with Crippen molar-refractivity contribution in [1.29, 1.82) is 0 Å². The molecule has 1 rings (SSSR count). The highest BCUT2D eigenvalue weighted by atomic mass is 79.9. The van der Waals surface area contributed by atoms with Gasteiger partial charge in [0.1, 0.15) is 0 Å². The zero-order chi connectivity index (χ0) is 12.3. The maximum Gasteiger partial charge on any atom is 0.401 e. The Balaban J connectivity index is 2.74. The molecule has 0 aliphatic carbocycles. The molecular formula is C9H12BrF3N2S. The average molecular weight is 317 g/mol. The van der Waals surface area contributed by atoms with Crippen molar-refractivity contribution in [1.82, 2.24) is 4.90 Å². The number of halogens is 4. The quantitative estimate of drug-likeness (QED) is 0.925.